The van der Waals surface area contributed by atoms with Crippen LogP contribution >= 0.6 is 0 Å². The summed E-state index contributed by atoms with van der Waals surface area (Å²) in [5.41, 5.74) is 2.20. The van der Waals surface area contributed by atoms with E-state index in [0.717, 1.165) is 31.9 Å². The molecule has 2 saturated heterocycles. The topological polar surface area (TPSA) is 36.8 Å². The molecule has 132 valence electrons. The van der Waals surface area contributed by atoms with Crippen LogP contribution in [0.15, 0.2) is 24.3 Å². The lowest BCUT2D eigenvalue weighted by molar-refractivity contribution is -0.892. The second-order valence-corrected chi connectivity index (χ2v) is 7.34. The Labute approximate surface area is 146 Å². The van der Waals surface area contributed by atoms with Crippen molar-refractivity contribution in [2.24, 2.45) is 0 Å². The van der Waals surface area contributed by atoms with Crippen LogP contribution in [0.4, 0.5) is 11.4 Å². The van der Waals surface area contributed by atoms with Gasteiger partial charge in [0, 0.05) is 24.5 Å². The fourth-order valence-electron chi connectivity index (χ4n) is 3.92. The van der Waals surface area contributed by atoms with E-state index < -0.39 is 0 Å². The summed E-state index contributed by atoms with van der Waals surface area (Å²) in [5, 5.41) is 3.08. The zero-order valence-electron chi connectivity index (χ0n) is 14.9. The maximum atomic E-state index is 12.3. The molecular weight excluding hydrogens is 298 g/mol. The number of anilines is 2. The van der Waals surface area contributed by atoms with Gasteiger partial charge in [0.1, 0.15) is 0 Å². The Hall–Kier alpha value is -1.55. The number of rotatable bonds is 4. The number of piperidine rings is 1. The Morgan fingerprint density at radius 2 is 1.46 bits per heavy atom. The molecule has 2 N–H and O–H groups in total. The summed E-state index contributed by atoms with van der Waals surface area (Å²) >= 11 is 0. The number of nitrogens with zero attached hydrogens (tertiary/aromatic N) is 1. The minimum absolute atomic E-state index is 0.149. The summed E-state index contributed by atoms with van der Waals surface area (Å²) in [7, 11) is 0. The largest absolute Gasteiger partial charge is 0.372 e. The van der Waals surface area contributed by atoms with Crippen LogP contribution in [0.1, 0.15) is 51.4 Å². The van der Waals surface area contributed by atoms with Gasteiger partial charge in [-0.1, -0.05) is 6.42 Å². The summed E-state index contributed by atoms with van der Waals surface area (Å²) in [5.74, 6) is 0.149. The van der Waals surface area contributed by atoms with E-state index in [1.54, 1.807) is 0 Å². The Kier molecular flexibility index (Phi) is 6.53. The van der Waals surface area contributed by atoms with Gasteiger partial charge in [0.2, 0.25) is 0 Å². The van der Waals surface area contributed by atoms with Crippen molar-refractivity contribution < 1.29 is 9.69 Å². The molecule has 2 fully saturated rings. The summed E-state index contributed by atoms with van der Waals surface area (Å²) in [6.45, 7) is 5.20. The van der Waals surface area contributed by atoms with Gasteiger partial charge in [-0.2, -0.15) is 0 Å². The zero-order chi connectivity index (χ0) is 16.6. The van der Waals surface area contributed by atoms with Gasteiger partial charge < -0.3 is 15.1 Å². The molecule has 2 aliphatic heterocycles. The molecule has 0 spiro atoms. The van der Waals surface area contributed by atoms with E-state index in [0.29, 0.717) is 6.54 Å². The molecular formula is C20H32N3O+. The fraction of sp³-hybridized carbons (Fsp3) is 0.650. The zero-order valence-corrected chi connectivity index (χ0v) is 14.9. The van der Waals surface area contributed by atoms with Crippen molar-refractivity contribution in [1.82, 2.24) is 0 Å². The Bertz CT molecular complexity index is 500. The molecule has 2 heterocycles. The van der Waals surface area contributed by atoms with Crippen molar-refractivity contribution in [3.8, 4) is 0 Å². The van der Waals surface area contributed by atoms with Crippen LogP contribution in [-0.2, 0) is 4.79 Å². The van der Waals surface area contributed by atoms with Gasteiger partial charge in [0.05, 0.1) is 13.1 Å². The molecule has 2 aliphatic rings. The van der Waals surface area contributed by atoms with E-state index in [2.05, 4.69) is 22.3 Å². The summed E-state index contributed by atoms with van der Waals surface area (Å²) < 4.78 is 0. The van der Waals surface area contributed by atoms with Crippen molar-refractivity contribution in [2.75, 3.05) is 42.9 Å². The number of carbonyl (C=O) groups is 1. The van der Waals surface area contributed by atoms with Gasteiger partial charge >= 0.3 is 0 Å². The van der Waals surface area contributed by atoms with Crippen LogP contribution in [0.2, 0.25) is 0 Å². The third-order valence-electron chi connectivity index (χ3n) is 5.34. The van der Waals surface area contributed by atoms with Crippen molar-refractivity contribution in [3.05, 3.63) is 24.3 Å². The lowest BCUT2D eigenvalue weighted by atomic mass is 10.1. The van der Waals surface area contributed by atoms with Crippen molar-refractivity contribution in [1.29, 1.82) is 0 Å². The predicted molar refractivity (Wildman–Crippen MR) is 99.8 cm³/mol. The highest BCUT2D eigenvalue weighted by molar-refractivity contribution is 5.91. The molecule has 1 aromatic carbocycles. The number of likely N-dealkylation sites (tertiary alicyclic amines) is 1. The number of quaternary nitrogens is 1. The fourth-order valence-corrected chi connectivity index (χ4v) is 3.92. The molecule has 0 aliphatic carbocycles. The quantitative estimate of drug-likeness (QED) is 0.890. The van der Waals surface area contributed by atoms with Crippen LogP contribution in [0.3, 0.4) is 0 Å². The monoisotopic (exact) mass is 330 g/mol. The first-order valence-electron chi connectivity index (χ1n) is 9.80. The molecule has 0 saturated carbocycles. The van der Waals surface area contributed by atoms with Crippen molar-refractivity contribution in [2.45, 2.75) is 51.4 Å². The Morgan fingerprint density at radius 1 is 0.875 bits per heavy atom. The number of carbonyl (C=O) groups excluding carboxylic acids is 1. The SMILES string of the molecule is O=C(C[NH+]1CCCCCCC1)Nc1ccc(N2CCCCC2)cc1. The first-order chi connectivity index (χ1) is 11.8. The van der Waals surface area contributed by atoms with Crippen LogP contribution in [0.5, 0.6) is 0 Å². The first kappa shape index (κ1) is 17.3. The normalized spacial score (nSPS) is 20.2. The lowest BCUT2D eigenvalue weighted by Crippen LogP contribution is -3.13. The molecule has 0 aromatic heterocycles. The average molecular weight is 330 g/mol. The second kappa shape index (κ2) is 9.07. The van der Waals surface area contributed by atoms with Gasteiger partial charge in [0.15, 0.2) is 6.54 Å². The van der Waals surface area contributed by atoms with Crippen LogP contribution < -0.4 is 15.1 Å². The third-order valence-corrected chi connectivity index (χ3v) is 5.34. The van der Waals surface area contributed by atoms with Gasteiger partial charge in [-0.15, -0.1) is 0 Å². The third kappa shape index (κ3) is 5.23. The van der Waals surface area contributed by atoms with E-state index in [-0.39, 0.29) is 5.91 Å². The van der Waals surface area contributed by atoms with Crippen molar-refractivity contribution >= 4 is 17.3 Å². The highest BCUT2D eigenvalue weighted by Crippen LogP contribution is 2.21. The van der Waals surface area contributed by atoms with E-state index in [9.17, 15) is 4.79 Å². The van der Waals surface area contributed by atoms with E-state index >= 15 is 0 Å². The number of nitrogens with one attached hydrogen (secondary N) is 2. The molecule has 1 amide bonds. The molecule has 0 unspecified atom stereocenters. The van der Waals surface area contributed by atoms with Crippen LogP contribution in [0, 0.1) is 0 Å². The molecule has 4 nitrogen and oxygen atoms in total. The average Bonchev–Trinajstić information content (AvgIpc) is 2.59. The van der Waals surface area contributed by atoms with Gasteiger partial charge in [-0.05, 0) is 69.2 Å². The first-order valence-corrected chi connectivity index (χ1v) is 9.80. The summed E-state index contributed by atoms with van der Waals surface area (Å²) in [6.07, 6.45) is 10.5. The molecule has 24 heavy (non-hydrogen) atoms. The molecule has 0 radical (unpaired) electrons. The Balaban J connectivity index is 1.48. The molecule has 4 heteroatoms. The van der Waals surface area contributed by atoms with Crippen molar-refractivity contribution in [3.63, 3.8) is 0 Å². The summed E-state index contributed by atoms with van der Waals surface area (Å²) in [4.78, 5) is 16.2. The molecule has 0 bridgehead atoms. The van der Waals surface area contributed by atoms with Gasteiger partial charge in [-0.25, -0.2) is 0 Å². The number of hydrogen-bond donors (Lipinski definition) is 2. The predicted octanol–water partition coefficient (Wildman–Crippen LogP) is 2.46. The number of benzene rings is 1. The minimum atomic E-state index is 0.149. The van der Waals surface area contributed by atoms with Crippen LogP contribution in [-0.4, -0.2) is 38.6 Å². The summed E-state index contributed by atoms with van der Waals surface area (Å²) in [6, 6.07) is 8.38. The number of hydrogen-bond acceptors (Lipinski definition) is 2. The second-order valence-electron chi connectivity index (χ2n) is 7.34. The number of amides is 1. The van der Waals surface area contributed by atoms with E-state index in [4.69, 9.17) is 0 Å². The van der Waals surface area contributed by atoms with Gasteiger partial charge in [0.25, 0.3) is 5.91 Å². The molecule has 1 aromatic rings. The lowest BCUT2D eigenvalue weighted by Gasteiger charge is -2.28. The molecule has 0 atom stereocenters. The highest BCUT2D eigenvalue weighted by atomic mass is 16.2. The maximum Gasteiger partial charge on any atom is 0.279 e. The standard InChI is InChI=1S/C20H31N3O/c24-20(17-22-13-5-2-1-3-6-14-22)21-18-9-11-19(12-10-18)23-15-7-4-8-16-23/h9-12H,1-8,13-17H2,(H,21,24)/p+1. The highest BCUT2D eigenvalue weighted by Gasteiger charge is 2.16. The van der Waals surface area contributed by atoms with Crippen LogP contribution in [0.25, 0.3) is 0 Å². The van der Waals surface area contributed by atoms with E-state index in [1.807, 2.05) is 12.1 Å². The minimum Gasteiger partial charge on any atom is -0.372 e. The van der Waals surface area contributed by atoms with E-state index in [1.165, 1.54) is 62.0 Å². The maximum absolute atomic E-state index is 12.3. The smallest absolute Gasteiger partial charge is 0.279 e. The molecule has 3 rings (SSSR count). The Morgan fingerprint density at radius 3 is 2.12 bits per heavy atom. The van der Waals surface area contributed by atoms with Gasteiger partial charge in [-0.3, -0.25) is 4.79 Å².